The van der Waals surface area contributed by atoms with Crippen LogP contribution in [0, 0.1) is 0 Å². The van der Waals surface area contributed by atoms with Crippen molar-refractivity contribution < 1.29 is 19.1 Å². The Labute approximate surface area is 103 Å². The highest BCUT2D eigenvalue weighted by Gasteiger charge is 2.18. The van der Waals surface area contributed by atoms with Gasteiger partial charge >= 0.3 is 11.9 Å². The predicted molar refractivity (Wildman–Crippen MR) is 62.0 cm³/mol. The Balaban J connectivity index is 1.61. The molecule has 8 nitrogen and oxygen atoms in total. The van der Waals surface area contributed by atoms with Gasteiger partial charge in [0.25, 0.3) is 0 Å². The summed E-state index contributed by atoms with van der Waals surface area (Å²) in [6.07, 6.45) is 1.11. The minimum atomic E-state index is -0.476. The second kappa shape index (κ2) is 5.99. The zero-order valence-electron chi connectivity index (χ0n) is 9.77. The highest BCUT2D eigenvalue weighted by molar-refractivity contribution is 6.37. The van der Waals surface area contributed by atoms with Crippen molar-refractivity contribution in [3.63, 3.8) is 0 Å². The molecule has 2 N–H and O–H groups in total. The first-order chi connectivity index (χ1) is 8.77. The van der Waals surface area contributed by atoms with Crippen LogP contribution in [0.5, 0.6) is 0 Å². The van der Waals surface area contributed by atoms with E-state index >= 15 is 0 Å². The van der Waals surface area contributed by atoms with Gasteiger partial charge in [0.15, 0.2) is 0 Å². The van der Waals surface area contributed by atoms with Crippen molar-refractivity contribution in [2.24, 2.45) is 10.2 Å². The first-order valence-corrected chi connectivity index (χ1v) is 5.70. The Morgan fingerprint density at radius 1 is 0.944 bits per heavy atom. The van der Waals surface area contributed by atoms with Crippen molar-refractivity contribution in [1.82, 2.24) is 10.9 Å². The third kappa shape index (κ3) is 3.19. The lowest BCUT2D eigenvalue weighted by atomic mass is 10.3. The number of carbonyl (C=O) groups is 2. The van der Waals surface area contributed by atoms with Crippen molar-refractivity contribution in [1.29, 1.82) is 0 Å². The number of nitrogens with one attached hydrogen (secondary N) is 2. The van der Waals surface area contributed by atoms with E-state index in [0.29, 0.717) is 37.4 Å². The van der Waals surface area contributed by atoms with Gasteiger partial charge < -0.3 is 20.3 Å². The molecule has 0 saturated heterocycles. The molecule has 0 fully saturated rings. The maximum atomic E-state index is 11.4. The molecule has 0 bridgehead atoms. The summed E-state index contributed by atoms with van der Waals surface area (Å²) in [6.45, 7) is 1.33. The first kappa shape index (κ1) is 12.3. The van der Waals surface area contributed by atoms with E-state index in [2.05, 4.69) is 21.1 Å². The van der Waals surface area contributed by atoms with Crippen LogP contribution in [0.25, 0.3) is 0 Å². The standard InChI is InChI=1S/C10H14N4O4/c15-9(7-1-3-11-13-7)17-5-6-18-10(16)8-2-4-12-14-8/h11-12H,1-6H2. The van der Waals surface area contributed by atoms with Crippen LogP contribution in [0.4, 0.5) is 0 Å². The lowest BCUT2D eigenvalue weighted by Crippen LogP contribution is -2.22. The minimum absolute atomic E-state index is 0.0182. The molecular formula is C10H14N4O4. The van der Waals surface area contributed by atoms with Crippen LogP contribution in [0.15, 0.2) is 10.2 Å². The molecule has 0 aromatic heterocycles. The average molecular weight is 254 g/mol. The van der Waals surface area contributed by atoms with Gasteiger partial charge in [-0.1, -0.05) is 0 Å². The van der Waals surface area contributed by atoms with Gasteiger partial charge in [-0.3, -0.25) is 0 Å². The summed E-state index contributed by atoms with van der Waals surface area (Å²) in [5.41, 5.74) is 6.09. The molecule has 0 unspecified atom stereocenters. The smallest absolute Gasteiger partial charge is 0.354 e. The fourth-order valence-electron chi connectivity index (χ4n) is 1.49. The van der Waals surface area contributed by atoms with E-state index in [1.165, 1.54) is 0 Å². The Morgan fingerprint density at radius 2 is 1.39 bits per heavy atom. The van der Waals surface area contributed by atoms with Gasteiger partial charge in [-0.2, -0.15) is 10.2 Å². The summed E-state index contributed by atoms with van der Waals surface area (Å²) in [6, 6.07) is 0. The van der Waals surface area contributed by atoms with Crippen molar-refractivity contribution in [2.45, 2.75) is 12.8 Å². The Kier molecular flexibility index (Phi) is 4.11. The van der Waals surface area contributed by atoms with Crippen LogP contribution in [0.3, 0.4) is 0 Å². The number of hydrogen-bond donors (Lipinski definition) is 2. The molecule has 0 aliphatic carbocycles. The van der Waals surface area contributed by atoms with Crippen molar-refractivity contribution in [3.8, 4) is 0 Å². The normalized spacial score (nSPS) is 17.3. The monoisotopic (exact) mass is 254 g/mol. The van der Waals surface area contributed by atoms with Gasteiger partial charge in [-0.25, -0.2) is 9.59 Å². The molecule has 2 aliphatic rings. The zero-order valence-corrected chi connectivity index (χ0v) is 9.77. The van der Waals surface area contributed by atoms with Crippen LogP contribution in [-0.4, -0.2) is 49.7 Å². The van der Waals surface area contributed by atoms with Crippen LogP contribution in [0.2, 0.25) is 0 Å². The molecule has 0 atom stereocenters. The van der Waals surface area contributed by atoms with E-state index < -0.39 is 11.9 Å². The lowest BCUT2D eigenvalue weighted by molar-refractivity contribution is -0.143. The maximum absolute atomic E-state index is 11.4. The number of rotatable bonds is 5. The number of nitrogens with zero attached hydrogens (tertiary/aromatic N) is 2. The third-order valence-electron chi connectivity index (χ3n) is 2.40. The SMILES string of the molecule is O=C(OCCOC(=O)C1=NNCC1)C1=NNCC1. The lowest BCUT2D eigenvalue weighted by Gasteiger charge is -2.05. The molecule has 2 aliphatic heterocycles. The summed E-state index contributed by atoms with van der Waals surface area (Å²) in [4.78, 5) is 22.8. The van der Waals surface area contributed by atoms with Gasteiger partial charge in [0.1, 0.15) is 24.6 Å². The molecule has 2 heterocycles. The molecular weight excluding hydrogens is 240 g/mol. The van der Waals surface area contributed by atoms with E-state index in [-0.39, 0.29) is 13.2 Å². The zero-order chi connectivity index (χ0) is 12.8. The van der Waals surface area contributed by atoms with E-state index in [4.69, 9.17) is 9.47 Å². The third-order valence-corrected chi connectivity index (χ3v) is 2.40. The Bertz CT molecular complexity index is 367. The molecule has 2 rings (SSSR count). The van der Waals surface area contributed by atoms with E-state index in [9.17, 15) is 9.59 Å². The molecule has 0 spiro atoms. The highest BCUT2D eigenvalue weighted by atomic mass is 16.6. The fourth-order valence-corrected chi connectivity index (χ4v) is 1.49. The minimum Gasteiger partial charge on any atom is -0.458 e. The fraction of sp³-hybridized carbons (Fsp3) is 0.600. The summed E-state index contributed by atoms with van der Waals surface area (Å²) in [5.74, 6) is -0.952. The van der Waals surface area contributed by atoms with Gasteiger partial charge in [0.05, 0.1) is 0 Å². The van der Waals surface area contributed by atoms with E-state index in [1.54, 1.807) is 0 Å². The maximum Gasteiger partial charge on any atom is 0.354 e. The van der Waals surface area contributed by atoms with Crippen LogP contribution >= 0.6 is 0 Å². The first-order valence-electron chi connectivity index (χ1n) is 5.70. The Morgan fingerprint density at radius 3 is 1.72 bits per heavy atom. The van der Waals surface area contributed by atoms with E-state index in [1.807, 2.05) is 0 Å². The summed E-state index contributed by atoms with van der Waals surface area (Å²) < 4.78 is 9.79. The van der Waals surface area contributed by atoms with Gasteiger partial charge in [-0.05, 0) is 0 Å². The second-order valence-corrected chi connectivity index (χ2v) is 3.71. The van der Waals surface area contributed by atoms with Crippen LogP contribution in [0.1, 0.15) is 12.8 Å². The number of hydrazone groups is 2. The molecule has 0 amide bonds. The van der Waals surface area contributed by atoms with Crippen molar-refractivity contribution in [2.75, 3.05) is 26.3 Å². The second-order valence-electron chi connectivity index (χ2n) is 3.71. The molecule has 8 heteroatoms. The van der Waals surface area contributed by atoms with Crippen LogP contribution < -0.4 is 10.9 Å². The molecule has 0 aromatic carbocycles. The van der Waals surface area contributed by atoms with Crippen LogP contribution in [-0.2, 0) is 19.1 Å². The number of ether oxygens (including phenoxy) is 2. The summed E-state index contributed by atoms with van der Waals surface area (Å²) in [5, 5.41) is 7.54. The van der Waals surface area contributed by atoms with E-state index in [0.717, 1.165) is 0 Å². The highest BCUT2D eigenvalue weighted by Crippen LogP contribution is 1.98. The molecule has 0 saturated carbocycles. The average Bonchev–Trinajstić information content (AvgIpc) is 3.05. The summed E-state index contributed by atoms with van der Waals surface area (Å²) >= 11 is 0. The topological polar surface area (TPSA) is 101 Å². The number of esters is 2. The van der Waals surface area contributed by atoms with Gasteiger partial charge in [-0.15, -0.1) is 0 Å². The molecule has 98 valence electrons. The Hall–Kier alpha value is -2.12. The largest absolute Gasteiger partial charge is 0.458 e. The van der Waals surface area contributed by atoms with Gasteiger partial charge in [0.2, 0.25) is 0 Å². The van der Waals surface area contributed by atoms with Gasteiger partial charge in [0, 0.05) is 25.9 Å². The van der Waals surface area contributed by atoms with Crippen molar-refractivity contribution in [3.05, 3.63) is 0 Å². The molecule has 18 heavy (non-hydrogen) atoms. The quantitative estimate of drug-likeness (QED) is 0.470. The predicted octanol–water partition coefficient (Wildman–Crippen LogP) is -1.23. The number of hydrogen-bond acceptors (Lipinski definition) is 8. The number of carbonyl (C=O) groups excluding carboxylic acids is 2. The van der Waals surface area contributed by atoms with Crippen molar-refractivity contribution >= 4 is 23.4 Å². The molecule has 0 radical (unpaired) electrons. The summed E-state index contributed by atoms with van der Waals surface area (Å²) in [7, 11) is 0. The molecule has 0 aromatic rings.